The Balaban J connectivity index is 3.69. The van der Waals surface area contributed by atoms with E-state index in [1.165, 1.54) is 0 Å². The van der Waals surface area contributed by atoms with Crippen molar-refractivity contribution >= 4 is 10.2 Å². The fraction of sp³-hybridized carbons (Fsp3) is 1.00. The van der Waals surface area contributed by atoms with Crippen LogP contribution in [0, 0.1) is 0 Å². The Labute approximate surface area is 66.3 Å². The monoisotopic (exact) mass is 162 g/mol. The van der Waals surface area contributed by atoms with Crippen LogP contribution in [0.15, 0.2) is 0 Å². The van der Waals surface area contributed by atoms with Gasteiger partial charge >= 0.3 is 0 Å². The molecule has 0 saturated heterocycles. The topological polar surface area (TPSA) is 18.5 Å². The van der Waals surface area contributed by atoms with Crippen LogP contribution in [-0.4, -0.2) is 29.2 Å². The highest BCUT2D eigenvalue weighted by molar-refractivity contribution is 6.09. The van der Waals surface area contributed by atoms with Crippen molar-refractivity contribution < 1.29 is 9.47 Å². The summed E-state index contributed by atoms with van der Waals surface area (Å²) in [6, 6.07) is 1.04. The zero-order chi connectivity index (χ0) is 8.04. The minimum absolute atomic E-state index is 0.296. The smallest absolute Gasteiger partial charge is 0.162 e. The standard InChI is InChI=1S/C7H18O2Si/c1-4-8-7(3,6-10)9-5-2/h4-6H2,1-3,10H3. The molecule has 0 amide bonds. The first kappa shape index (κ1) is 10.1. The van der Waals surface area contributed by atoms with E-state index in [4.69, 9.17) is 9.47 Å². The fourth-order valence-corrected chi connectivity index (χ4v) is 1.26. The summed E-state index contributed by atoms with van der Waals surface area (Å²) in [6.45, 7) is 7.47. The molecule has 0 aliphatic rings. The van der Waals surface area contributed by atoms with Gasteiger partial charge in [-0.1, -0.05) is 0 Å². The molecule has 0 heterocycles. The highest BCUT2D eigenvalue weighted by atomic mass is 28.1. The van der Waals surface area contributed by atoms with Gasteiger partial charge in [-0.05, 0) is 26.8 Å². The molecule has 0 saturated carbocycles. The maximum absolute atomic E-state index is 5.43. The van der Waals surface area contributed by atoms with Gasteiger partial charge in [-0.15, -0.1) is 0 Å². The van der Waals surface area contributed by atoms with Gasteiger partial charge in [0.1, 0.15) is 0 Å². The van der Waals surface area contributed by atoms with Gasteiger partial charge in [0, 0.05) is 23.5 Å². The zero-order valence-corrected chi connectivity index (χ0v) is 9.44. The first-order valence-corrected chi connectivity index (χ1v) is 5.37. The summed E-state index contributed by atoms with van der Waals surface area (Å²) in [4.78, 5) is 0. The average molecular weight is 162 g/mol. The average Bonchev–Trinajstić information content (AvgIpc) is 1.89. The number of hydrogen-bond acceptors (Lipinski definition) is 2. The predicted molar refractivity (Wildman–Crippen MR) is 46.4 cm³/mol. The molecule has 0 aromatic carbocycles. The van der Waals surface area contributed by atoms with Crippen LogP contribution in [0.1, 0.15) is 20.8 Å². The molecule has 0 spiro atoms. The lowest BCUT2D eigenvalue weighted by Crippen LogP contribution is -2.31. The summed E-state index contributed by atoms with van der Waals surface area (Å²) in [6.07, 6.45) is 0. The number of rotatable bonds is 5. The van der Waals surface area contributed by atoms with Crippen LogP contribution >= 0.6 is 0 Å². The summed E-state index contributed by atoms with van der Waals surface area (Å²) >= 11 is 0. The Morgan fingerprint density at radius 2 is 1.60 bits per heavy atom. The van der Waals surface area contributed by atoms with Gasteiger partial charge in [-0.25, -0.2) is 0 Å². The Kier molecular flexibility index (Phi) is 4.94. The predicted octanol–water partition coefficient (Wildman–Crippen LogP) is 0.559. The maximum atomic E-state index is 5.43. The molecule has 0 atom stereocenters. The van der Waals surface area contributed by atoms with Gasteiger partial charge in [0.05, 0.1) is 0 Å². The molecular weight excluding hydrogens is 144 g/mol. The van der Waals surface area contributed by atoms with E-state index in [1.807, 2.05) is 20.8 Å². The minimum Gasteiger partial charge on any atom is -0.351 e. The van der Waals surface area contributed by atoms with Crippen LogP contribution in [-0.2, 0) is 9.47 Å². The molecule has 0 bridgehead atoms. The van der Waals surface area contributed by atoms with E-state index in [0.717, 1.165) is 29.5 Å². The van der Waals surface area contributed by atoms with Gasteiger partial charge in [-0.3, -0.25) is 0 Å². The van der Waals surface area contributed by atoms with Crippen LogP contribution in [0.5, 0.6) is 0 Å². The molecule has 0 rings (SSSR count). The minimum atomic E-state index is -0.296. The Hall–Kier alpha value is 0.137. The Morgan fingerprint density at radius 3 is 1.80 bits per heavy atom. The lowest BCUT2D eigenvalue weighted by Gasteiger charge is -2.27. The van der Waals surface area contributed by atoms with Crippen molar-refractivity contribution in [2.45, 2.75) is 32.6 Å². The zero-order valence-electron chi connectivity index (χ0n) is 7.44. The summed E-state index contributed by atoms with van der Waals surface area (Å²) in [5.41, 5.74) is 0. The fourth-order valence-electron chi connectivity index (χ4n) is 0.856. The highest BCUT2D eigenvalue weighted by Crippen LogP contribution is 2.15. The van der Waals surface area contributed by atoms with Gasteiger partial charge in [0.25, 0.3) is 0 Å². The van der Waals surface area contributed by atoms with Crippen LogP contribution in [0.2, 0.25) is 6.04 Å². The second-order valence-electron chi connectivity index (χ2n) is 2.35. The lowest BCUT2D eigenvalue weighted by atomic mass is 10.4. The molecule has 0 radical (unpaired) electrons. The third-order valence-corrected chi connectivity index (χ3v) is 2.83. The molecule has 0 aromatic heterocycles. The summed E-state index contributed by atoms with van der Waals surface area (Å²) in [5.74, 6) is -0.296. The quantitative estimate of drug-likeness (QED) is 0.434. The summed E-state index contributed by atoms with van der Waals surface area (Å²) in [7, 11) is 1.13. The van der Waals surface area contributed by atoms with Crippen molar-refractivity contribution in [1.82, 2.24) is 0 Å². The van der Waals surface area contributed by atoms with E-state index in [1.54, 1.807) is 0 Å². The third kappa shape index (κ3) is 3.34. The van der Waals surface area contributed by atoms with Crippen molar-refractivity contribution in [1.29, 1.82) is 0 Å². The van der Waals surface area contributed by atoms with Crippen molar-refractivity contribution in [2.24, 2.45) is 0 Å². The lowest BCUT2D eigenvalue weighted by molar-refractivity contribution is -0.207. The molecular formula is C7H18O2Si. The van der Waals surface area contributed by atoms with Crippen molar-refractivity contribution in [3.63, 3.8) is 0 Å². The van der Waals surface area contributed by atoms with E-state index in [0.29, 0.717) is 0 Å². The second kappa shape index (κ2) is 4.88. The first-order valence-electron chi connectivity index (χ1n) is 3.96. The van der Waals surface area contributed by atoms with E-state index >= 15 is 0 Å². The number of hydrogen-bond donors (Lipinski definition) is 0. The summed E-state index contributed by atoms with van der Waals surface area (Å²) in [5, 5.41) is 0. The summed E-state index contributed by atoms with van der Waals surface area (Å²) < 4.78 is 10.9. The van der Waals surface area contributed by atoms with Crippen LogP contribution in [0.25, 0.3) is 0 Å². The molecule has 0 aliphatic heterocycles. The molecule has 2 nitrogen and oxygen atoms in total. The van der Waals surface area contributed by atoms with Crippen molar-refractivity contribution in [3.05, 3.63) is 0 Å². The van der Waals surface area contributed by atoms with Gasteiger partial charge in [-0.2, -0.15) is 0 Å². The second-order valence-corrected chi connectivity index (χ2v) is 3.06. The SMILES string of the molecule is CCOC(C)(C[SiH3])OCC. The van der Waals surface area contributed by atoms with Crippen molar-refractivity contribution in [2.75, 3.05) is 13.2 Å². The molecule has 62 valence electrons. The molecule has 0 N–H and O–H groups in total. The molecule has 0 aromatic rings. The van der Waals surface area contributed by atoms with E-state index in [-0.39, 0.29) is 5.79 Å². The van der Waals surface area contributed by atoms with Crippen LogP contribution < -0.4 is 0 Å². The van der Waals surface area contributed by atoms with Crippen molar-refractivity contribution in [3.8, 4) is 0 Å². The Bertz CT molecular complexity index is 79.7. The van der Waals surface area contributed by atoms with E-state index in [2.05, 4.69) is 0 Å². The van der Waals surface area contributed by atoms with Gasteiger partial charge in [0.2, 0.25) is 0 Å². The largest absolute Gasteiger partial charge is 0.351 e. The molecule has 10 heavy (non-hydrogen) atoms. The highest BCUT2D eigenvalue weighted by Gasteiger charge is 2.20. The maximum Gasteiger partial charge on any atom is 0.162 e. The normalized spacial score (nSPS) is 12.3. The molecule has 0 fully saturated rings. The van der Waals surface area contributed by atoms with Gasteiger partial charge in [0.15, 0.2) is 5.79 Å². The van der Waals surface area contributed by atoms with E-state index < -0.39 is 0 Å². The van der Waals surface area contributed by atoms with E-state index in [9.17, 15) is 0 Å². The molecule has 3 heteroatoms. The Morgan fingerprint density at radius 1 is 1.20 bits per heavy atom. The number of ether oxygens (including phenoxy) is 2. The third-order valence-electron chi connectivity index (χ3n) is 1.54. The van der Waals surface area contributed by atoms with Crippen LogP contribution in [0.3, 0.4) is 0 Å². The van der Waals surface area contributed by atoms with Crippen LogP contribution in [0.4, 0.5) is 0 Å². The molecule has 0 aliphatic carbocycles. The van der Waals surface area contributed by atoms with Gasteiger partial charge < -0.3 is 9.47 Å². The molecule has 0 unspecified atom stereocenters. The first-order chi connectivity index (χ1) is 4.68.